The Morgan fingerprint density at radius 3 is 2.67 bits per heavy atom. The summed E-state index contributed by atoms with van der Waals surface area (Å²) in [5.74, 6) is -0.284. The van der Waals surface area contributed by atoms with Crippen LogP contribution >= 0.6 is 11.6 Å². The van der Waals surface area contributed by atoms with Gasteiger partial charge in [0, 0.05) is 10.4 Å². The van der Waals surface area contributed by atoms with Gasteiger partial charge in [-0.3, -0.25) is 9.78 Å². The molecule has 3 aromatic rings. The lowest BCUT2D eigenvalue weighted by atomic mass is 10.1. The fourth-order valence-electron chi connectivity index (χ4n) is 2.44. The van der Waals surface area contributed by atoms with Gasteiger partial charge in [-0.25, -0.2) is 5.43 Å². The highest BCUT2D eigenvalue weighted by Gasteiger charge is 2.11. The Balaban J connectivity index is 1.81. The SMILES string of the molecule is Cc1nc2c(C)cccc2cc1C(=O)N/N=C\c1ccc(Cl)cc1. The Morgan fingerprint density at radius 1 is 1.17 bits per heavy atom. The maximum Gasteiger partial charge on any atom is 0.273 e. The Kier molecular flexibility index (Phi) is 4.58. The van der Waals surface area contributed by atoms with Gasteiger partial charge in [-0.1, -0.05) is 41.9 Å². The van der Waals surface area contributed by atoms with E-state index in [9.17, 15) is 4.79 Å². The van der Waals surface area contributed by atoms with Crippen LogP contribution in [-0.4, -0.2) is 17.1 Å². The number of amides is 1. The minimum absolute atomic E-state index is 0.284. The molecular formula is C19H16ClN3O. The number of carbonyl (C=O) groups is 1. The van der Waals surface area contributed by atoms with E-state index >= 15 is 0 Å². The van der Waals surface area contributed by atoms with Crippen molar-refractivity contribution in [1.82, 2.24) is 10.4 Å². The van der Waals surface area contributed by atoms with Crippen molar-refractivity contribution in [2.45, 2.75) is 13.8 Å². The molecule has 0 saturated heterocycles. The zero-order valence-electron chi connectivity index (χ0n) is 13.4. The average molecular weight is 338 g/mol. The van der Waals surface area contributed by atoms with Crippen molar-refractivity contribution in [3.8, 4) is 0 Å². The summed E-state index contributed by atoms with van der Waals surface area (Å²) in [5.41, 5.74) is 6.58. The number of aryl methyl sites for hydroxylation is 2. The molecule has 5 heteroatoms. The zero-order valence-corrected chi connectivity index (χ0v) is 14.1. The molecule has 1 aromatic heterocycles. The molecule has 1 heterocycles. The smallest absolute Gasteiger partial charge is 0.267 e. The van der Waals surface area contributed by atoms with E-state index in [4.69, 9.17) is 11.6 Å². The third-order valence-electron chi connectivity index (χ3n) is 3.73. The van der Waals surface area contributed by atoms with Crippen LogP contribution in [0.3, 0.4) is 0 Å². The van der Waals surface area contributed by atoms with Gasteiger partial charge in [0.25, 0.3) is 5.91 Å². The molecule has 0 fully saturated rings. The number of hydrazone groups is 1. The molecule has 1 N–H and O–H groups in total. The highest BCUT2D eigenvalue weighted by atomic mass is 35.5. The number of para-hydroxylation sites is 1. The van der Waals surface area contributed by atoms with E-state index in [0.717, 1.165) is 22.0 Å². The van der Waals surface area contributed by atoms with Crippen molar-refractivity contribution in [2.75, 3.05) is 0 Å². The van der Waals surface area contributed by atoms with Crippen LogP contribution in [0.15, 0.2) is 53.6 Å². The number of aromatic nitrogens is 1. The van der Waals surface area contributed by atoms with E-state index in [1.165, 1.54) is 0 Å². The van der Waals surface area contributed by atoms with Crippen LogP contribution in [0.25, 0.3) is 10.9 Å². The van der Waals surface area contributed by atoms with E-state index in [1.807, 2.05) is 50.2 Å². The van der Waals surface area contributed by atoms with Crippen molar-refractivity contribution in [3.63, 3.8) is 0 Å². The number of hydrogen-bond donors (Lipinski definition) is 1. The van der Waals surface area contributed by atoms with E-state index in [2.05, 4.69) is 15.5 Å². The molecule has 0 atom stereocenters. The number of rotatable bonds is 3. The summed E-state index contributed by atoms with van der Waals surface area (Å²) >= 11 is 5.83. The van der Waals surface area contributed by atoms with Gasteiger partial charge in [0.15, 0.2) is 0 Å². The van der Waals surface area contributed by atoms with Gasteiger partial charge in [0.2, 0.25) is 0 Å². The summed E-state index contributed by atoms with van der Waals surface area (Å²) in [6, 6.07) is 14.9. The first-order valence-electron chi connectivity index (χ1n) is 7.50. The average Bonchev–Trinajstić information content (AvgIpc) is 2.57. The van der Waals surface area contributed by atoms with Gasteiger partial charge in [-0.15, -0.1) is 0 Å². The van der Waals surface area contributed by atoms with Crippen molar-refractivity contribution < 1.29 is 4.79 Å². The number of nitrogens with zero attached hydrogens (tertiary/aromatic N) is 2. The predicted octanol–water partition coefficient (Wildman–Crippen LogP) is 4.27. The molecule has 0 bridgehead atoms. The number of carbonyl (C=O) groups excluding carboxylic acids is 1. The highest BCUT2D eigenvalue weighted by Crippen LogP contribution is 2.19. The fraction of sp³-hybridized carbons (Fsp3) is 0.105. The van der Waals surface area contributed by atoms with Gasteiger partial charge in [-0.2, -0.15) is 5.10 Å². The summed E-state index contributed by atoms with van der Waals surface area (Å²) in [6.45, 7) is 3.83. The molecule has 4 nitrogen and oxygen atoms in total. The molecule has 2 aromatic carbocycles. The second kappa shape index (κ2) is 6.81. The molecule has 0 spiro atoms. The van der Waals surface area contributed by atoms with Crippen molar-refractivity contribution in [3.05, 3.63) is 75.9 Å². The molecule has 3 rings (SSSR count). The summed E-state index contributed by atoms with van der Waals surface area (Å²) in [4.78, 5) is 16.9. The van der Waals surface area contributed by atoms with Crippen LogP contribution in [0.2, 0.25) is 5.02 Å². The number of pyridine rings is 1. The van der Waals surface area contributed by atoms with Crippen molar-refractivity contribution in [1.29, 1.82) is 0 Å². The monoisotopic (exact) mass is 337 g/mol. The first-order chi connectivity index (χ1) is 11.5. The number of halogens is 1. The molecular weight excluding hydrogens is 322 g/mol. The van der Waals surface area contributed by atoms with Gasteiger partial charge in [0.05, 0.1) is 23.0 Å². The number of fused-ring (bicyclic) bond motifs is 1. The molecule has 0 radical (unpaired) electrons. The topological polar surface area (TPSA) is 54.4 Å². The van der Waals surface area contributed by atoms with Crippen molar-refractivity contribution in [2.24, 2.45) is 5.10 Å². The van der Waals surface area contributed by atoms with Crippen LogP contribution in [0.5, 0.6) is 0 Å². The lowest BCUT2D eigenvalue weighted by Gasteiger charge is -2.07. The second-order valence-corrected chi connectivity index (χ2v) is 5.96. The minimum atomic E-state index is -0.284. The van der Waals surface area contributed by atoms with Gasteiger partial charge in [0.1, 0.15) is 0 Å². The second-order valence-electron chi connectivity index (χ2n) is 5.52. The van der Waals surface area contributed by atoms with E-state index in [0.29, 0.717) is 16.3 Å². The van der Waals surface area contributed by atoms with E-state index in [1.54, 1.807) is 18.3 Å². The van der Waals surface area contributed by atoms with Gasteiger partial charge >= 0.3 is 0 Å². The van der Waals surface area contributed by atoms with Crippen LogP contribution in [-0.2, 0) is 0 Å². The van der Waals surface area contributed by atoms with E-state index in [-0.39, 0.29) is 5.91 Å². The van der Waals surface area contributed by atoms with Crippen LogP contribution < -0.4 is 5.43 Å². The summed E-state index contributed by atoms with van der Waals surface area (Å²) in [7, 11) is 0. The molecule has 1 amide bonds. The fourth-order valence-corrected chi connectivity index (χ4v) is 2.57. The normalized spacial score (nSPS) is 11.1. The molecule has 0 aliphatic heterocycles. The minimum Gasteiger partial charge on any atom is -0.267 e. The van der Waals surface area contributed by atoms with Crippen LogP contribution in [0.1, 0.15) is 27.2 Å². The Morgan fingerprint density at radius 2 is 1.92 bits per heavy atom. The molecule has 0 aliphatic rings. The molecule has 0 saturated carbocycles. The lowest BCUT2D eigenvalue weighted by molar-refractivity contribution is 0.0954. The lowest BCUT2D eigenvalue weighted by Crippen LogP contribution is -2.19. The molecule has 0 aliphatic carbocycles. The quantitative estimate of drug-likeness (QED) is 0.573. The Hall–Kier alpha value is -2.72. The largest absolute Gasteiger partial charge is 0.273 e. The van der Waals surface area contributed by atoms with Gasteiger partial charge < -0.3 is 0 Å². The standard InChI is InChI=1S/C19H16ClN3O/c1-12-4-3-5-15-10-17(13(2)22-18(12)15)19(24)23-21-11-14-6-8-16(20)9-7-14/h3-11H,1-2H3,(H,23,24)/b21-11-. The number of benzene rings is 2. The van der Waals surface area contributed by atoms with E-state index < -0.39 is 0 Å². The maximum atomic E-state index is 12.4. The van der Waals surface area contributed by atoms with Crippen molar-refractivity contribution >= 4 is 34.6 Å². The maximum absolute atomic E-state index is 12.4. The molecule has 120 valence electrons. The molecule has 0 unspecified atom stereocenters. The number of hydrogen-bond acceptors (Lipinski definition) is 3. The molecule has 24 heavy (non-hydrogen) atoms. The summed E-state index contributed by atoms with van der Waals surface area (Å²) < 4.78 is 0. The number of nitrogens with one attached hydrogen (secondary N) is 1. The Bertz CT molecular complexity index is 933. The third kappa shape index (κ3) is 3.44. The zero-order chi connectivity index (χ0) is 17.1. The Labute approximate surface area is 145 Å². The first-order valence-corrected chi connectivity index (χ1v) is 7.88. The van der Waals surface area contributed by atoms with Crippen LogP contribution in [0.4, 0.5) is 0 Å². The summed E-state index contributed by atoms with van der Waals surface area (Å²) in [5, 5.41) is 5.59. The van der Waals surface area contributed by atoms with Crippen LogP contribution in [0, 0.1) is 13.8 Å². The summed E-state index contributed by atoms with van der Waals surface area (Å²) in [6.07, 6.45) is 1.57. The third-order valence-corrected chi connectivity index (χ3v) is 3.98. The highest BCUT2D eigenvalue weighted by molar-refractivity contribution is 6.30. The predicted molar refractivity (Wildman–Crippen MR) is 97.7 cm³/mol. The first kappa shape index (κ1) is 16.1. The van der Waals surface area contributed by atoms with Gasteiger partial charge in [-0.05, 0) is 43.2 Å².